The van der Waals surface area contributed by atoms with Gasteiger partial charge < -0.3 is 24.8 Å². The highest BCUT2D eigenvalue weighted by Crippen LogP contribution is 2.63. The van der Waals surface area contributed by atoms with Gasteiger partial charge in [-0.2, -0.15) is 0 Å². The molecule has 0 spiro atoms. The van der Waals surface area contributed by atoms with Crippen LogP contribution in [0.3, 0.4) is 0 Å². The van der Waals surface area contributed by atoms with Crippen molar-refractivity contribution in [3.05, 3.63) is 70.3 Å². The zero-order valence-corrected chi connectivity index (χ0v) is 18.1. The lowest BCUT2D eigenvalue weighted by molar-refractivity contribution is -0.175. The fourth-order valence-electron chi connectivity index (χ4n) is 4.96. The van der Waals surface area contributed by atoms with E-state index in [4.69, 9.17) is 21.1 Å². The highest BCUT2D eigenvalue weighted by atomic mass is 35.5. The van der Waals surface area contributed by atoms with Crippen molar-refractivity contribution in [2.45, 2.75) is 55.7 Å². The van der Waals surface area contributed by atoms with Crippen LogP contribution in [0, 0.1) is 5.92 Å². The van der Waals surface area contributed by atoms with Crippen LogP contribution in [0.4, 0.5) is 0 Å². The van der Waals surface area contributed by atoms with Gasteiger partial charge in [0.1, 0.15) is 18.0 Å². The van der Waals surface area contributed by atoms with Crippen LogP contribution in [-0.4, -0.2) is 45.7 Å². The van der Waals surface area contributed by atoms with Gasteiger partial charge in [0.25, 0.3) is 0 Å². The SMILES string of the molecule is O=C(/C=C/c1ccc(O)cc1)O[C@@H]1C[C@@H](OC2c3ccc(Cl)cc3C3CC32)C[C@H](O)[C@H]1O. The standard InChI is InChI=1S/C25H25ClO6/c26-14-4-7-17-18(9-14)19-12-20(19)25(17)31-16-10-21(28)24(30)22(11-16)32-23(29)8-3-13-1-5-15(27)6-2-13/h1-9,16,19-22,24-25,27-28,30H,10-12H2/b8-3+/t16-,19?,20?,21-,22+,24+,25?/m0/s1. The molecule has 6 nitrogen and oxygen atoms in total. The third-order valence-electron chi connectivity index (χ3n) is 6.67. The maximum Gasteiger partial charge on any atom is 0.331 e. The monoisotopic (exact) mass is 456 g/mol. The van der Waals surface area contributed by atoms with Crippen molar-refractivity contribution in [3.8, 4) is 5.75 Å². The zero-order valence-electron chi connectivity index (χ0n) is 17.3. The first-order valence-electron chi connectivity index (χ1n) is 10.9. The number of rotatable bonds is 5. The van der Waals surface area contributed by atoms with E-state index in [0.29, 0.717) is 18.3 Å². The summed E-state index contributed by atoms with van der Waals surface area (Å²) in [5.41, 5.74) is 3.11. The Bertz CT molecular complexity index is 1040. The Balaban J connectivity index is 1.23. The van der Waals surface area contributed by atoms with E-state index in [0.717, 1.165) is 22.6 Å². The van der Waals surface area contributed by atoms with Crippen LogP contribution in [0.1, 0.15) is 48.0 Å². The molecular formula is C25H25ClO6. The smallest absolute Gasteiger partial charge is 0.331 e. The van der Waals surface area contributed by atoms with Gasteiger partial charge in [-0.15, -0.1) is 0 Å². The molecule has 3 aliphatic carbocycles. The summed E-state index contributed by atoms with van der Waals surface area (Å²) in [6.45, 7) is 0. The number of phenols is 1. The summed E-state index contributed by atoms with van der Waals surface area (Å²) in [4.78, 5) is 12.3. The summed E-state index contributed by atoms with van der Waals surface area (Å²) in [5.74, 6) is 0.423. The van der Waals surface area contributed by atoms with Crippen LogP contribution >= 0.6 is 11.6 Å². The molecular weight excluding hydrogens is 432 g/mol. The summed E-state index contributed by atoms with van der Waals surface area (Å²) in [7, 11) is 0. The predicted molar refractivity (Wildman–Crippen MR) is 118 cm³/mol. The normalized spacial score (nSPS) is 33.0. The Kier molecular flexibility index (Phi) is 5.72. The van der Waals surface area contributed by atoms with E-state index in [9.17, 15) is 20.1 Å². The second kappa shape index (κ2) is 8.52. The number of carbonyl (C=O) groups excluding carboxylic acids is 1. The first-order chi connectivity index (χ1) is 15.4. The van der Waals surface area contributed by atoms with Crippen molar-refractivity contribution in [1.29, 1.82) is 0 Å². The molecule has 2 aromatic rings. The van der Waals surface area contributed by atoms with E-state index in [1.165, 1.54) is 23.8 Å². The van der Waals surface area contributed by atoms with Crippen molar-refractivity contribution in [2.24, 2.45) is 5.92 Å². The number of aliphatic hydroxyl groups excluding tert-OH is 2. The Labute approximate surface area is 191 Å². The highest BCUT2D eigenvalue weighted by molar-refractivity contribution is 6.30. The number of carbonyl (C=O) groups is 1. The van der Waals surface area contributed by atoms with E-state index in [1.807, 2.05) is 18.2 Å². The Morgan fingerprint density at radius 1 is 1.03 bits per heavy atom. The van der Waals surface area contributed by atoms with Gasteiger partial charge >= 0.3 is 5.97 Å². The van der Waals surface area contributed by atoms with Gasteiger partial charge in [-0.05, 0) is 65.3 Å². The zero-order chi connectivity index (χ0) is 22.4. The van der Waals surface area contributed by atoms with Crippen LogP contribution < -0.4 is 0 Å². The maximum absolute atomic E-state index is 12.3. The molecule has 168 valence electrons. The molecule has 2 saturated carbocycles. The molecule has 3 unspecified atom stereocenters. The molecule has 0 saturated heterocycles. The summed E-state index contributed by atoms with van der Waals surface area (Å²) in [6, 6.07) is 12.3. The van der Waals surface area contributed by atoms with Crippen molar-refractivity contribution in [1.82, 2.24) is 0 Å². The fourth-order valence-corrected chi connectivity index (χ4v) is 5.14. The number of phenolic OH excluding ortho intramolecular Hbond substituents is 1. The third kappa shape index (κ3) is 4.28. The lowest BCUT2D eigenvalue weighted by Crippen LogP contribution is -2.49. The number of halogens is 1. The molecule has 7 heteroatoms. The van der Waals surface area contributed by atoms with Crippen LogP contribution in [0.15, 0.2) is 48.5 Å². The lowest BCUT2D eigenvalue weighted by Gasteiger charge is -2.37. The minimum atomic E-state index is -1.16. The molecule has 0 amide bonds. The average molecular weight is 457 g/mol. The van der Waals surface area contributed by atoms with E-state index in [1.54, 1.807) is 18.2 Å². The Hall–Kier alpha value is -2.38. The number of hydrogen-bond donors (Lipinski definition) is 3. The first kappa shape index (κ1) is 21.5. The minimum Gasteiger partial charge on any atom is -0.508 e. The van der Waals surface area contributed by atoms with E-state index in [-0.39, 0.29) is 24.4 Å². The van der Waals surface area contributed by atoms with Crippen LogP contribution in [0.2, 0.25) is 5.02 Å². The number of ether oxygens (including phenoxy) is 2. The summed E-state index contributed by atoms with van der Waals surface area (Å²) in [6.07, 6.45) is 1.04. The maximum atomic E-state index is 12.3. The van der Waals surface area contributed by atoms with E-state index >= 15 is 0 Å². The van der Waals surface area contributed by atoms with Gasteiger partial charge in [-0.25, -0.2) is 4.79 Å². The fraction of sp³-hybridized carbons (Fsp3) is 0.400. The van der Waals surface area contributed by atoms with Crippen molar-refractivity contribution in [3.63, 3.8) is 0 Å². The third-order valence-corrected chi connectivity index (χ3v) is 6.90. The number of aromatic hydroxyl groups is 1. The molecule has 0 aromatic heterocycles. The van der Waals surface area contributed by atoms with Crippen molar-refractivity contribution < 1.29 is 29.6 Å². The molecule has 2 fully saturated rings. The molecule has 3 aliphatic rings. The topological polar surface area (TPSA) is 96.2 Å². The molecule has 0 bridgehead atoms. The summed E-state index contributed by atoms with van der Waals surface area (Å²) in [5, 5.41) is 30.8. The number of benzene rings is 2. The molecule has 7 atom stereocenters. The quantitative estimate of drug-likeness (QED) is 0.468. The number of hydrogen-bond acceptors (Lipinski definition) is 6. The molecule has 2 aromatic carbocycles. The number of esters is 1. The second-order valence-corrected chi connectivity index (χ2v) is 9.32. The van der Waals surface area contributed by atoms with Gasteiger partial charge in [-0.1, -0.05) is 29.8 Å². The Morgan fingerprint density at radius 2 is 1.81 bits per heavy atom. The largest absolute Gasteiger partial charge is 0.508 e. The van der Waals surface area contributed by atoms with Crippen molar-refractivity contribution >= 4 is 23.6 Å². The molecule has 32 heavy (non-hydrogen) atoms. The lowest BCUT2D eigenvalue weighted by atomic mass is 9.89. The van der Waals surface area contributed by atoms with Gasteiger partial charge in [0.05, 0.1) is 18.3 Å². The number of fused-ring (bicyclic) bond motifs is 3. The number of aliphatic hydroxyl groups is 2. The van der Waals surface area contributed by atoms with Gasteiger partial charge in [0, 0.05) is 23.9 Å². The van der Waals surface area contributed by atoms with Gasteiger partial charge in [0.15, 0.2) is 0 Å². The van der Waals surface area contributed by atoms with Gasteiger partial charge in [-0.3, -0.25) is 0 Å². The summed E-state index contributed by atoms with van der Waals surface area (Å²) >= 11 is 6.15. The summed E-state index contributed by atoms with van der Waals surface area (Å²) < 4.78 is 11.9. The highest BCUT2D eigenvalue weighted by Gasteiger charge is 2.53. The minimum absolute atomic E-state index is 0.0644. The average Bonchev–Trinajstić information content (AvgIpc) is 3.50. The molecule has 0 heterocycles. The molecule has 3 N–H and O–H groups in total. The Morgan fingerprint density at radius 3 is 2.59 bits per heavy atom. The van der Waals surface area contributed by atoms with E-state index in [2.05, 4.69) is 0 Å². The van der Waals surface area contributed by atoms with E-state index < -0.39 is 24.3 Å². The first-order valence-corrected chi connectivity index (χ1v) is 11.3. The van der Waals surface area contributed by atoms with Crippen LogP contribution in [0.5, 0.6) is 5.75 Å². The van der Waals surface area contributed by atoms with Crippen LogP contribution in [0.25, 0.3) is 6.08 Å². The van der Waals surface area contributed by atoms with Crippen LogP contribution in [-0.2, 0) is 14.3 Å². The second-order valence-electron chi connectivity index (χ2n) is 8.89. The molecule has 5 rings (SSSR count). The van der Waals surface area contributed by atoms with Gasteiger partial charge in [0.2, 0.25) is 0 Å². The molecule has 0 radical (unpaired) electrons. The molecule has 0 aliphatic heterocycles. The predicted octanol–water partition coefficient (Wildman–Crippen LogP) is 3.73. The van der Waals surface area contributed by atoms with Crippen molar-refractivity contribution in [2.75, 3.05) is 0 Å².